The van der Waals surface area contributed by atoms with Crippen molar-refractivity contribution in [3.8, 4) is 0 Å². The number of rotatable bonds is 2. The lowest BCUT2D eigenvalue weighted by atomic mass is 10.00. The Labute approximate surface area is 73.0 Å². The van der Waals surface area contributed by atoms with Gasteiger partial charge in [0, 0.05) is 12.4 Å². The van der Waals surface area contributed by atoms with Crippen molar-refractivity contribution in [1.29, 1.82) is 0 Å². The van der Waals surface area contributed by atoms with Gasteiger partial charge in [0.15, 0.2) is 0 Å². The van der Waals surface area contributed by atoms with Crippen LogP contribution in [0.3, 0.4) is 0 Å². The maximum atomic E-state index is 4.00. The Morgan fingerprint density at radius 3 is 2.92 bits per heavy atom. The number of aromatic nitrogens is 1. The van der Waals surface area contributed by atoms with Crippen molar-refractivity contribution in [2.75, 3.05) is 13.1 Å². The van der Waals surface area contributed by atoms with Crippen LogP contribution in [0.4, 0.5) is 0 Å². The molecule has 0 bridgehead atoms. The normalized spacial score (nSPS) is 22.8. The van der Waals surface area contributed by atoms with E-state index in [0.717, 1.165) is 5.92 Å². The first kappa shape index (κ1) is 7.74. The summed E-state index contributed by atoms with van der Waals surface area (Å²) in [6.45, 7) is 2.37. The van der Waals surface area contributed by atoms with Crippen LogP contribution >= 0.6 is 0 Å². The molecule has 1 N–H and O–H groups in total. The van der Waals surface area contributed by atoms with E-state index >= 15 is 0 Å². The monoisotopic (exact) mass is 162 g/mol. The summed E-state index contributed by atoms with van der Waals surface area (Å²) in [5, 5.41) is 3.38. The van der Waals surface area contributed by atoms with Gasteiger partial charge < -0.3 is 5.32 Å². The molecule has 1 fully saturated rings. The van der Waals surface area contributed by atoms with Crippen LogP contribution in [0, 0.1) is 5.92 Å². The van der Waals surface area contributed by atoms with Crippen molar-refractivity contribution in [2.45, 2.75) is 12.8 Å². The third-order valence-electron chi connectivity index (χ3n) is 2.44. The molecular formula is C10H14N2. The summed E-state index contributed by atoms with van der Waals surface area (Å²) in [5.74, 6) is 0.840. The van der Waals surface area contributed by atoms with Gasteiger partial charge in [0.1, 0.15) is 0 Å². The molecule has 0 amide bonds. The molecule has 1 aliphatic heterocycles. The van der Waals surface area contributed by atoms with E-state index in [-0.39, 0.29) is 0 Å². The molecule has 0 spiro atoms. The Bertz CT molecular complexity index is 227. The molecule has 0 aliphatic carbocycles. The molecule has 1 aromatic heterocycles. The lowest BCUT2D eigenvalue weighted by molar-refractivity contribution is 0.580. The molecule has 2 heterocycles. The number of pyridine rings is 1. The second-order valence-electron chi connectivity index (χ2n) is 3.42. The van der Waals surface area contributed by atoms with E-state index in [9.17, 15) is 0 Å². The van der Waals surface area contributed by atoms with Crippen LogP contribution < -0.4 is 5.32 Å². The fourth-order valence-electron chi connectivity index (χ4n) is 1.74. The van der Waals surface area contributed by atoms with Gasteiger partial charge in [0.25, 0.3) is 0 Å². The topological polar surface area (TPSA) is 24.9 Å². The second-order valence-corrected chi connectivity index (χ2v) is 3.42. The van der Waals surface area contributed by atoms with E-state index in [1.807, 2.05) is 12.4 Å². The first-order valence-corrected chi connectivity index (χ1v) is 4.55. The summed E-state index contributed by atoms with van der Waals surface area (Å²) in [7, 11) is 0. The standard InChI is InChI=1S/C10H14N2/c1-4-11-5-2-9(1)7-10-3-6-12-8-10/h1-2,4-5,10,12H,3,6-8H2/t10-/m0/s1. The number of nitrogens with zero attached hydrogens (tertiary/aromatic N) is 1. The number of hydrogen-bond acceptors (Lipinski definition) is 2. The van der Waals surface area contributed by atoms with Crippen molar-refractivity contribution in [2.24, 2.45) is 5.92 Å². The van der Waals surface area contributed by atoms with Crippen molar-refractivity contribution in [1.82, 2.24) is 10.3 Å². The van der Waals surface area contributed by atoms with E-state index < -0.39 is 0 Å². The summed E-state index contributed by atoms with van der Waals surface area (Å²) in [4.78, 5) is 4.00. The van der Waals surface area contributed by atoms with Crippen LogP contribution in [0.25, 0.3) is 0 Å². The van der Waals surface area contributed by atoms with Gasteiger partial charge in [-0.05, 0) is 49.5 Å². The minimum Gasteiger partial charge on any atom is -0.316 e. The van der Waals surface area contributed by atoms with Crippen molar-refractivity contribution >= 4 is 0 Å². The summed E-state index contributed by atoms with van der Waals surface area (Å²) < 4.78 is 0. The molecule has 64 valence electrons. The van der Waals surface area contributed by atoms with Crippen LogP contribution in [0.15, 0.2) is 24.5 Å². The van der Waals surface area contributed by atoms with Gasteiger partial charge in [-0.15, -0.1) is 0 Å². The molecule has 0 aromatic carbocycles. The molecule has 1 aromatic rings. The fourth-order valence-corrected chi connectivity index (χ4v) is 1.74. The van der Waals surface area contributed by atoms with Crippen LogP contribution in [0.5, 0.6) is 0 Å². The zero-order chi connectivity index (χ0) is 8.23. The summed E-state index contributed by atoms with van der Waals surface area (Å²) >= 11 is 0. The summed E-state index contributed by atoms with van der Waals surface area (Å²) in [6, 6.07) is 4.22. The quantitative estimate of drug-likeness (QED) is 0.707. The highest BCUT2D eigenvalue weighted by atomic mass is 14.9. The van der Waals surface area contributed by atoms with Gasteiger partial charge in [-0.3, -0.25) is 4.98 Å². The first-order chi connectivity index (χ1) is 5.95. The minimum atomic E-state index is 0.840. The molecule has 0 saturated carbocycles. The van der Waals surface area contributed by atoms with E-state index in [1.165, 1.54) is 31.5 Å². The van der Waals surface area contributed by atoms with E-state index in [4.69, 9.17) is 0 Å². The summed E-state index contributed by atoms with van der Waals surface area (Å²) in [5.41, 5.74) is 1.42. The Morgan fingerprint density at radius 2 is 2.25 bits per heavy atom. The predicted octanol–water partition coefficient (Wildman–Crippen LogP) is 1.23. The molecule has 2 nitrogen and oxygen atoms in total. The van der Waals surface area contributed by atoms with E-state index in [0.29, 0.717) is 0 Å². The van der Waals surface area contributed by atoms with Crippen molar-refractivity contribution in [3.05, 3.63) is 30.1 Å². The number of nitrogens with one attached hydrogen (secondary N) is 1. The maximum Gasteiger partial charge on any atom is 0.0270 e. The predicted molar refractivity (Wildman–Crippen MR) is 48.9 cm³/mol. The Kier molecular flexibility index (Phi) is 2.37. The van der Waals surface area contributed by atoms with Gasteiger partial charge >= 0.3 is 0 Å². The van der Waals surface area contributed by atoms with Crippen molar-refractivity contribution in [3.63, 3.8) is 0 Å². The molecule has 2 heteroatoms. The molecule has 0 radical (unpaired) electrons. The van der Waals surface area contributed by atoms with E-state index in [1.54, 1.807) is 0 Å². The lowest BCUT2D eigenvalue weighted by Crippen LogP contribution is -2.10. The SMILES string of the molecule is c1cc(C[C@@H]2CCNC2)ccn1. The maximum absolute atomic E-state index is 4.00. The minimum absolute atomic E-state index is 0.840. The molecular weight excluding hydrogens is 148 g/mol. The molecule has 0 unspecified atom stereocenters. The highest BCUT2D eigenvalue weighted by Gasteiger charge is 2.14. The smallest absolute Gasteiger partial charge is 0.0270 e. The van der Waals surface area contributed by atoms with Gasteiger partial charge in [-0.25, -0.2) is 0 Å². The van der Waals surface area contributed by atoms with Gasteiger partial charge in [0.05, 0.1) is 0 Å². The third kappa shape index (κ3) is 1.83. The highest BCUT2D eigenvalue weighted by molar-refractivity contribution is 5.10. The largest absolute Gasteiger partial charge is 0.316 e. The summed E-state index contributed by atoms with van der Waals surface area (Å²) in [6.07, 6.45) is 6.27. The zero-order valence-corrected chi connectivity index (χ0v) is 7.16. The van der Waals surface area contributed by atoms with Gasteiger partial charge in [0.2, 0.25) is 0 Å². The molecule has 1 aliphatic rings. The third-order valence-corrected chi connectivity index (χ3v) is 2.44. The zero-order valence-electron chi connectivity index (χ0n) is 7.16. The van der Waals surface area contributed by atoms with Gasteiger partial charge in [-0.1, -0.05) is 0 Å². The van der Waals surface area contributed by atoms with Crippen LogP contribution in [-0.2, 0) is 6.42 Å². The fraction of sp³-hybridized carbons (Fsp3) is 0.500. The molecule has 1 atom stereocenters. The van der Waals surface area contributed by atoms with Crippen molar-refractivity contribution < 1.29 is 0 Å². The lowest BCUT2D eigenvalue weighted by Gasteiger charge is -2.06. The first-order valence-electron chi connectivity index (χ1n) is 4.55. The Balaban J connectivity index is 1.94. The molecule has 1 saturated heterocycles. The Morgan fingerprint density at radius 1 is 1.42 bits per heavy atom. The van der Waals surface area contributed by atoms with Crippen LogP contribution in [0.2, 0.25) is 0 Å². The second kappa shape index (κ2) is 3.68. The van der Waals surface area contributed by atoms with Crippen LogP contribution in [0.1, 0.15) is 12.0 Å². The average molecular weight is 162 g/mol. The average Bonchev–Trinajstić information content (AvgIpc) is 2.59. The highest BCUT2D eigenvalue weighted by Crippen LogP contribution is 2.13. The Hall–Kier alpha value is -0.890. The molecule has 2 rings (SSSR count). The molecule has 12 heavy (non-hydrogen) atoms. The van der Waals surface area contributed by atoms with E-state index in [2.05, 4.69) is 22.4 Å². The van der Waals surface area contributed by atoms with Crippen LogP contribution in [-0.4, -0.2) is 18.1 Å². The number of hydrogen-bond donors (Lipinski definition) is 1. The van der Waals surface area contributed by atoms with Gasteiger partial charge in [-0.2, -0.15) is 0 Å².